The standard InChI is InChI=1S/C14H13ClN2O2S/c1-11-2-4-12(5-3-11)10-16-17-20(18,19)14-8-6-13(15)7-9-14/h2-10,17H,1H3. The maximum Gasteiger partial charge on any atom is 0.276 e. The monoisotopic (exact) mass is 308 g/mol. The average Bonchev–Trinajstić information content (AvgIpc) is 2.41. The van der Waals surface area contributed by atoms with E-state index in [1.165, 1.54) is 30.5 Å². The zero-order valence-corrected chi connectivity index (χ0v) is 12.3. The summed E-state index contributed by atoms with van der Waals surface area (Å²) in [7, 11) is -3.66. The molecule has 0 bridgehead atoms. The Kier molecular flexibility index (Phi) is 4.42. The Labute approximate surface area is 123 Å². The van der Waals surface area contributed by atoms with Gasteiger partial charge in [0.25, 0.3) is 10.0 Å². The van der Waals surface area contributed by atoms with Gasteiger partial charge in [-0.2, -0.15) is 13.5 Å². The van der Waals surface area contributed by atoms with E-state index in [1.54, 1.807) is 0 Å². The Morgan fingerprint density at radius 1 is 1.05 bits per heavy atom. The van der Waals surface area contributed by atoms with Crippen molar-refractivity contribution in [3.8, 4) is 0 Å². The van der Waals surface area contributed by atoms with Crippen LogP contribution in [-0.2, 0) is 10.0 Å². The van der Waals surface area contributed by atoms with Crippen LogP contribution in [0, 0.1) is 6.92 Å². The summed E-state index contributed by atoms with van der Waals surface area (Å²) in [5.74, 6) is 0. The van der Waals surface area contributed by atoms with Crippen LogP contribution in [0.4, 0.5) is 0 Å². The second kappa shape index (κ2) is 6.07. The molecule has 2 rings (SSSR count). The number of benzene rings is 2. The van der Waals surface area contributed by atoms with Crippen molar-refractivity contribution in [2.45, 2.75) is 11.8 Å². The normalized spacial score (nSPS) is 11.7. The topological polar surface area (TPSA) is 58.5 Å². The molecular weight excluding hydrogens is 296 g/mol. The third-order valence-corrected chi connectivity index (χ3v) is 4.08. The minimum absolute atomic E-state index is 0.114. The highest BCUT2D eigenvalue weighted by molar-refractivity contribution is 7.89. The molecule has 2 aromatic carbocycles. The van der Waals surface area contributed by atoms with Crippen LogP contribution in [0.1, 0.15) is 11.1 Å². The highest BCUT2D eigenvalue weighted by Gasteiger charge is 2.11. The SMILES string of the molecule is Cc1ccc(C=NNS(=O)(=O)c2ccc(Cl)cc2)cc1. The summed E-state index contributed by atoms with van der Waals surface area (Å²) >= 11 is 5.71. The quantitative estimate of drug-likeness (QED) is 0.697. The summed E-state index contributed by atoms with van der Waals surface area (Å²) in [5.41, 5.74) is 1.94. The molecule has 0 atom stereocenters. The van der Waals surface area contributed by atoms with E-state index in [1.807, 2.05) is 31.2 Å². The highest BCUT2D eigenvalue weighted by atomic mass is 35.5. The van der Waals surface area contributed by atoms with Crippen molar-refractivity contribution in [2.24, 2.45) is 5.10 Å². The van der Waals surface area contributed by atoms with Crippen molar-refractivity contribution in [1.29, 1.82) is 0 Å². The Morgan fingerprint density at radius 3 is 2.25 bits per heavy atom. The largest absolute Gasteiger partial charge is 0.276 e. The summed E-state index contributed by atoms with van der Waals surface area (Å²) < 4.78 is 23.8. The van der Waals surface area contributed by atoms with Crippen LogP contribution in [0.5, 0.6) is 0 Å². The van der Waals surface area contributed by atoms with Crippen LogP contribution in [0.2, 0.25) is 5.02 Å². The molecule has 0 heterocycles. The smallest absolute Gasteiger partial charge is 0.200 e. The van der Waals surface area contributed by atoms with E-state index in [0.717, 1.165) is 11.1 Å². The van der Waals surface area contributed by atoms with Gasteiger partial charge in [0, 0.05) is 5.02 Å². The number of sulfonamides is 1. The fourth-order valence-electron chi connectivity index (χ4n) is 1.49. The first-order valence-corrected chi connectivity index (χ1v) is 7.70. The van der Waals surface area contributed by atoms with Gasteiger partial charge in [-0.05, 0) is 36.8 Å². The van der Waals surface area contributed by atoms with Gasteiger partial charge in [-0.15, -0.1) is 0 Å². The van der Waals surface area contributed by atoms with Crippen molar-refractivity contribution in [2.75, 3.05) is 0 Å². The molecule has 0 fully saturated rings. The van der Waals surface area contributed by atoms with Gasteiger partial charge >= 0.3 is 0 Å². The van der Waals surface area contributed by atoms with Gasteiger partial charge in [-0.25, -0.2) is 4.83 Å². The first-order valence-electron chi connectivity index (χ1n) is 5.84. The molecule has 0 aliphatic rings. The Morgan fingerprint density at radius 2 is 1.65 bits per heavy atom. The zero-order valence-electron chi connectivity index (χ0n) is 10.7. The lowest BCUT2D eigenvalue weighted by atomic mass is 10.2. The van der Waals surface area contributed by atoms with E-state index in [2.05, 4.69) is 9.93 Å². The Bertz CT molecular complexity index is 708. The molecule has 20 heavy (non-hydrogen) atoms. The second-order valence-electron chi connectivity index (χ2n) is 4.22. The molecule has 0 saturated carbocycles. The number of nitrogens with zero attached hydrogens (tertiary/aromatic N) is 1. The van der Waals surface area contributed by atoms with Crippen LogP contribution in [0.15, 0.2) is 58.5 Å². The lowest BCUT2D eigenvalue weighted by Gasteiger charge is -2.03. The van der Waals surface area contributed by atoms with E-state index < -0.39 is 10.0 Å². The molecule has 104 valence electrons. The number of hydrogen-bond donors (Lipinski definition) is 1. The molecule has 6 heteroatoms. The number of hydrogen-bond acceptors (Lipinski definition) is 3. The highest BCUT2D eigenvalue weighted by Crippen LogP contribution is 2.13. The predicted octanol–water partition coefficient (Wildman–Crippen LogP) is 2.96. The van der Waals surface area contributed by atoms with E-state index in [4.69, 9.17) is 11.6 Å². The molecule has 1 N–H and O–H groups in total. The van der Waals surface area contributed by atoms with Crippen LogP contribution in [0.25, 0.3) is 0 Å². The molecule has 4 nitrogen and oxygen atoms in total. The Balaban J connectivity index is 2.09. The lowest BCUT2D eigenvalue weighted by Crippen LogP contribution is -2.18. The lowest BCUT2D eigenvalue weighted by molar-refractivity contribution is 0.584. The molecule has 0 unspecified atom stereocenters. The first kappa shape index (κ1) is 14.6. The minimum Gasteiger partial charge on any atom is -0.200 e. The van der Waals surface area contributed by atoms with Crippen molar-refractivity contribution in [3.05, 3.63) is 64.7 Å². The summed E-state index contributed by atoms with van der Waals surface area (Å²) in [5, 5.41) is 4.22. The number of nitrogens with one attached hydrogen (secondary N) is 1. The molecule has 0 saturated heterocycles. The van der Waals surface area contributed by atoms with E-state index >= 15 is 0 Å². The van der Waals surface area contributed by atoms with Gasteiger partial charge in [-0.3, -0.25) is 0 Å². The third-order valence-electron chi connectivity index (χ3n) is 2.59. The van der Waals surface area contributed by atoms with Crippen LogP contribution < -0.4 is 4.83 Å². The molecule has 0 spiro atoms. The number of hydrazone groups is 1. The number of rotatable bonds is 4. The molecule has 0 amide bonds. The summed E-state index contributed by atoms with van der Waals surface area (Å²) in [6.07, 6.45) is 1.45. The van der Waals surface area contributed by atoms with Crippen LogP contribution >= 0.6 is 11.6 Å². The average molecular weight is 309 g/mol. The first-order chi connectivity index (χ1) is 9.47. The maximum absolute atomic E-state index is 11.9. The summed E-state index contributed by atoms with van der Waals surface area (Å²) in [4.78, 5) is 2.27. The molecule has 0 aliphatic heterocycles. The fourth-order valence-corrected chi connectivity index (χ4v) is 2.41. The molecular formula is C14H13ClN2O2S. The summed E-state index contributed by atoms with van der Waals surface area (Å²) in [6, 6.07) is 13.4. The van der Waals surface area contributed by atoms with E-state index in [9.17, 15) is 8.42 Å². The van der Waals surface area contributed by atoms with Crippen molar-refractivity contribution in [1.82, 2.24) is 4.83 Å². The maximum atomic E-state index is 11.9. The zero-order chi connectivity index (χ0) is 14.6. The minimum atomic E-state index is -3.66. The van der Waals surface area contributed by atoms with Crippen LogP contribution in [0.3, 0.4) is 0 Å². The van der Waals surface area contributed by atoms with E-state index in [0.29, 0.717) is 5.02 Å². The van der Waals surface area contributed by atoms with Gasteiger partial charge in [0.1, 0.15) is 0 Å². The van der Waals surface area contributed by atoms with Crippen molar-refractivity contribution >= 4 is 27.8 Å². The van der Waals surface area contributed by atoms with Gasteiger partial charge in [-0.1, -0.05) is 41.4 Å². The van der Waals surface area contributed by atoms with Crippen molar-refractivity contribution < 1.29 is 8.42 Å². The number of aryl methyl sites for hydroxylation is 1. The predicted molar refractivity (Wildman–Crippen MR) is 80.5 cm³/mol. The summed E-state index contributed by atoms with van der Waals surface area (Å²) in [6.45, 7) is 1.98. The van der Waals surface area contributed by atoms with Crippen LogP contribution in [-0.4, -0.2) is 14.6 Å². The van der Waals surface area contributed by atoms with Gasteiger partial charge < -0.3 is 0 Å². The van der Waals surface area contributed by atoms with Gasteiger partial charge in [0.2, 0.25) is 0 Å². The van der Waals surface area contributed by atoms with Gasteiger partial charge in [0.05, 0.1) is 11.1 Å². The van der Waals surface area contributed by atoms with E-state index in [-0.39, 0.29) is 4.90 Å². The molecule has 0 radical (unpaired) electrons. The molecule has 2 aromatic rings. The third kappa shape index (κ3) is 3.82. The fraction of sp³-hybridized carbons (Fsp3) is 0.0714. The van der Waals surface area contributed by atoms with Crippen molar-refractivity contribution in [3.63, 3.8) is 0 Å². The number of halogens is 1. The van der Waals surface area contributed by atoms with Gasteiger partial charge in [0.15, 0.2) is 0 Å². The molecule has 0 aromatic heterocycles. The second-order valence-corrected chi connectivity index (χ2v) is 6.31. The molecule has 0 aliphatic carbocycles. The Hall–Kier alpha value is -1.85.